The Labute approximate surface area is 128 Å². The van der Waals surface area contributed by atoms with Gasteiger partial charge < -0.3 is 9.88 Å². The predicted molar refractivity (Wildman–Crippen MR) is 84.5 cm³/mol. The lowest BCUT2D eigenvalue weighted by Gasteiger charge is -2.07. The number of amides is 1. The minimum atomic E-state index is -0.107. The second-order valence-corrected chi connectivity index (χ2v) is 5.08. The fourth-order valence-corrected chi connectivity index (χ4v) is 2.05. The molecule has 1 aromatic carbocycles. The number of anilines is 1. The van der Waals surface area contributed by atoms with Crippen molar-refractivity contribution in [2.75, 3.05) is 5.32 Å². The van der Waals surface area contributed by atoms with Crippen molar-refractivity contribution in [2.24, 2.45) is 0 Å². The summed E-state index contributed by atoms with van der Waals surface area (Å²) in [5, 5.41) is 11.5. The summed E-state index contributed by atoms with van der Waals surface area (Å²) in [6.45, 7) is 2.39. The fourth-order valence-electron chi connectivity index (χ4n) is 2.05. The zero-order valence-electron chi connectivity index (χ0n) is 12.4. The Morgan fingerprint density at radius 1 is 1.27 bits per heavy atom. The van der Waals surface area contributed by atoms with Gasteiger partial charge in [-0.25, -0.2) is 0 Å². The summed E-state index contributed by atoms with van der Waals surface area (Å²) in [7, 11) is 0. The van der Waals surface area contributed by atoms with Crippen LogP contribution >= 0.6 is 0 Å². The van der Waals surface area contributed by atoms with Crippen LogP contribution in [-0.4, -0.2) is 10.5 Å². The second-order valence-electron chi connectivity index (χ2n) is 5.08. The average Bonchev–Trinajstić information content (AvgIpc) is 2.50. The molecule has 0 radical (unpaired) electrons. The molecule has 0 saturated heterocycles. The van der Waals surface area contributed by atoms with Crippen molar-refractivity contribution < 1.29 is 4.79 Å². The van der Waals surface area contributed by atoms with Crippen LogP contribution in [0.25, 0.3) is 0 Å². The molecule has 2 aromatic rings. The summed E-state index contributed by atoms with van der Waals surface area (Å²) in [6, 6.07) is 12.2. The molecule has 0 fully saturated rings. The summed E-state index contributed by atoms with van der Waals surface area (Å²) >= 11 is 0. The van der Waals surface area contributed by atoms with Gasteiger partial charge in [0, 0.05) is 30.9 Å². The van der Waals surface area contributed by atoms with Gasteiger partial charge in [-0.2, -0.15) is 5.26 Å². The summed E-state index contributed by atoms with van der Waals surface area (Å²) < 4.78 is 1.60. The first-order valence-electron chi connectivity index (χ1n) is 7.05. The van der Waals surface area contributed by atoms with Crippen molar-refractivity contribution in [2.45, 2.75) is 26.3 Å². The van der Waals surface area contributed by atoms with Gasteiger partial charge in [-0.15, -0.1) is 0 Å². The first-order chi connectivity index (χ1) is 10.6. The zero-order chi connectivity index (χ0) is 15.9. The predicted octanol–water partition coefficient (Wildman–Crippen LogP) is 2.45. The van der Waals surface area contributed by atoms with E-state index >= 15 is 0 Å². The molecule has 112 valence electrons. The quantitative estimate of drug-likeness (QED) is 0.920. The molecule has 0 spiro atoms. The standard InChI is InChI=1S/C17H17N3O2/c1-13-8-10-20(17(22)11-13)9-2-3-16(21)19-15-6-4-14(12-18)5-7-15/h4-8,10-11H,2-3,9H2,1H3,(H,19,21). The number of pyridine rings is 1. The monoisotopic (exact) mass is 295 g/mol. The molecule has 1 amide bonds. The number of nitrogens with one attached hydrogen (secondary N) is 1. The number of hydrogen-bond donors (Lipinski definition) is 1. The number of aryl methyl sites for hydroxylation is 2. The Morgan fingerprint density at radius 2 is 2.00 bits per heavy atom. The number of benzene rings is 1. The lowest BCUT2D eigenvalue weighted by Crippen LogP contribution is -2.20. The van der Waals surface area contributed by atoms with Crippen LogP contribution in [0.5, 0.6) is 0 Å². The van der Waals surface area contributed by atoms with E-state index in [2.05, 4.69) is 5.32 Å². The lowest BCUT2D eigenvalue weighted by atomic mass is 10.2. The normalized spacial score (nSPS) is 10.0. The van der Waals surface area contributed by atoms with Crippen LogP contribution in [0.2, 0.25) is 0 Å². The molecule has 5 nitrogen and oxygen atoms in total. The Hall–Kier alpha value is -2.87. The largest absolute Gasteiger partial charge is 0.326 e. The molecule has 0 bridgehead atoms. The third-order valence-electron chi connectivity index (χ3n) is 3.25. The number of aromatic nitrogens is 1. The lowest BCUT2D eigenvalue weighted by molar-refractivity contribution is -0.116. The molecule has 0 aliphatic heterocycles. The average molecular weight is 295 g/mol. The fraction of sp³-hybridized carbons (Fsp3) is 0.235. The highest BCUT2D eigenvalue weighted by molar-refractivity contribution is 5.90. The van der Waals surface area contributed by atoms with Gasteiger partial charge in [0.2, 0.25) is 5.91 Å². The van der Waals surface area contributed by atoms with Crippen LogP contribution in [0.4, 0.5) is 5.69 Å². The molecule has 0 atom stereocenters. The van der Waals surface area contributed by atoms with Crippen LogP contribution in [0, 0.1) is 18.3 Å². The van der Waals surface area contributed by atoms with Crippen LogP contribution in [0.1, 0.15) is 24.0 Å². The molecule has 1 aromatic heterocycles. The third kappa shape index (κ3) is 4.32. The molecule has 1 N–H and O–H groups in total. The Balaban J connectivity index is 1.82. The topological polar surface area (TPSA) is 74.9 Å². The van der Waals surface area contributed by atoms with E-state index in [1.54, 1.807) is 41.1 Å². The van der Waals surface area contributed by atoms with Crippen molar-refractivity contribution in [3.05, 3.63) is 64.1 Å². The van der Waals surface area contributed by atoms with Crippen LogP contribution < -0.4 is 10.9 Å². The van der Waals surface area contributed by atoms with Crippen molar-refractivity contribution in [3.8, 4) is 6.07 Å². The number of hydrogen-bond acceptors (Lipinski definition) is 3. The number of nitrogens with zero attached hydrogens (tertiary/aromatic N) is 2. The zero-order valence-corrected chi connectivity index (χ0v) is 12.4. The summed E-state index contributed by atoms with van der Waals surface area (Å²) in [4.78, 5) is 23.5. The summed E-state index contributed by atoms with van der Waals surface area (Å²) in [5.41, 5.74) is 2.10. The van der Waals surface area contributed by atoms with E-state index in [1.807, 2.05) is 19.1 Å². The van der Waals surface area contributed by atoms with E-state index < -0.39 is 0 Å². The highest BCUT2D eigenvalue weighted by atomic mass is 16.1. The van der Waals surface area contributed by atoms with Crippen LogP contribution in [-0.2, 0) is 11.3 Å². The van der Waals surface area contributed by atoms with Gasteiger partial charge in [-0.1, -0.05) is 0 Å². The SMILES string of the molecule is Cc1ccn(CCCC(=O)Nc2ccc(C#N)cc2)c(=O)c1. The van der Waals surface area contributed by atoms with E-state index in [4.69, 9.17) is 5.26 Å². The third-order valence-corrected chi connectivity index (χ3v) is 3.25. The highest BCUT2D eigenvalue weighted by Gasteiger charge is 2.03. The molecule has 2 rings (SSSR count). The Bertz CT molecular complexity index is 755. The number of rotatable bonds is 5. The second kappa shape index (κ2) is 7.23. The molecular weight excluding hydrogens is 278 g/mol. The number of nitriles is 1. The molecule has 5 heteroatoms. The van der Waals surface area contributed by atoms with Gasteiger partial charge >= 0.3 is 0 Å². The molecule has 0 aliphatic carbocycles. The number of carbonyl (C=O) groups excluding carboxylic acids is 1. The van der Waals surface area contributed by atoms with Gasteiger partial charge in [0.15, 0.2) is 0 Å². The van der Waals surface area contributed by atoms with E-state index in [-0.39, 0.29) is 11.5 Å². The van der Waals surface area contributed by atoms with Gasteiger partial charge in [0.25, 0.3) is 5.56 Å². The first kappa shape index (κ1) is 15.5. The minimum Gasteiger partial charge on any atom is -0.326 e. The Kier molecular flexibility index (Phi) is 5.10. The van der Waals surface area contributed by atoms with Crippen molar-refractivity contribution in [1.82, 2.24) is 4.57 Å². The van der Waals surface area contributed by atoms with E-state index in [0.29, 0.717) is 30.6 Å². The molecule has 0 saturated carbocycles. The maximum absolute atomic E-state index is 11.8. The van der Waals surface area contributed by atoms with Gasteiger partial charge in [0.1, 0.15) is 0 Å². The summed E-state index contributed by atoms with van der Waals surface area (Å²) in [5.74, 6) is -0.107. The van der Waals surface area contributed by atoms with E-state index in [9.17, 15) is 9.59 Å². The Morgan fingerprint density at radius 3 is 2.64 bits per heavy atom. The molecule has 22 heavy (non-hydrogen) atoms. The maximum atomic E-state index is 11.8. The maximum Gasteiger partial charge on any atom is 0.250 e. The van der Waals surface area contributed by atoms with E-state index in [1.165, 1.54) is 0 Å². The summed E-state index contributed by atoms with van der Waals surface area (Å²) in [6.07, 6.45) is 2.67. The molecule has 1 heterocycles. The van der Waals surface area contributed by atoms with Gasteiger partial charge in [-0.05, 0) is 49.2 Å². The van der Waals surface area contributed by atoms with E-state index in [0.717, 1.165) is 5.56 Å². The van der Waals surface area contributed by atoms with Crippen LogP contribution in [0.15, 0.2) is 47.4 Å². The highest BCUT2D eigenvalue weighted by Crippen LogP contribution is 2.09. The van der Waals surface area contributed by atoms with Crippen molar-refractivity contribution in [1.29, 1.82) is 5.26 Å². The van der Waals surface area contributed by atoms with Crippen molar-refractivity contribution in [3.63, 3.8) is 0 Å². The minimum absolute atomic E-state index is 0.0486. The van der Waals surface area contributed by atoms with Gasteiger partial charge in [0.05, 0.1) is 11.6 Å². The molecule has 0 aliphatic rings. The molecule has 0 unspecified atom stereocenters. The smallest absolute Gasteiger partial charge is 0.250 e. The first-order valence-corrected chi connectivity index (χ1v) is 7.05. The number of carbonyl (C=O) groups is 1. The van der Waals surface area contributed by atoms with Crippen molar-refractivity contribution >= 4 is 11.6 Å². The van der Waals surface area contributed by atoms with Gasteiger partial charge in [-0.3, -0.25) is 9.59 Å². The van der Waals surface area contributed by atoms with Crippen LogP contribution in [0.3, 0.4) is 0 Å². The molecular formula is C17H17N3O2.